The lowest BCUT2D eigenvalue weighted by atomic mass is 10.1. The highest BCUT2D eigenvalue weighted by Gasteiger charge is 2.33. The van der Waals surface area contributed by atoms with E-state index in [2.05, 4.69) is 5.32 Å². The van der Waals surface area contributed by atoms with E-state index in [1.54, 1.807) is 60.5 Å². The maximum Gasteiger partial charge on any atom is 0.257 e. The summed E-state index contributed by atoms with van der Waals surface area (Å²) < 4.78 is 10.5. The molecule has 0 aliphatic carbocycles. The van der Waals surface area contributed by atoms with Crippen LogP contribution in [0.3, 0.4) is 0 Å². The SMILES string of the molecule is COc1ccc(C(=O)CN2CCC[C@H]2C(=O)NC(=O)c2ccccc2)c(OC)c1. The third-order valence-electron chi connectivity index (χ3n) is 4.99. The standard InChI is InChI=1S/C22H24N2O5/c1-28-16-10-11-17(20(13-16)29-2)19(25)14-24-12-6-9-18(24)22(27)23-21(26)15-7-4-3-5-8-15/h3-5,7-8,10-11,13,18H,6,9,12,14H2,1-2H3,(H,23,26,27)/t18-/m0/s1. The Morgan fingerprint density at radius 1 is 1.07 bits per heavy atom. The van der Waals surface area contributed by atoms with Crippen LogP contribution in [0.15, 0.2) is 48.5 Å². The number of rotatable bonds is 7. The van der Waals surface area contributed by atoms with Crippen LogP contribution < -0.4 is 14.8 Å². The van der Waals surface area contributed by atoms with Crippen molar-refractivity contribution < 1.29 is 23.9 Å². The van der Waals surface area contributed by atoms with Crippen molar-refractivity contribution in [2.45, 2.75) is 18.9 Å². The molecule has 1 aliphatic heterocycles. The minimum atomic E-state index is -0.518. The number of methoxy groups -OCH3 is 2. The van der Waals surface area contributed by atoms with E-state index in [9.17, 15) is 14.4 Å². The topological polar surface area (TPSA) is 84.9 Å². The second kappa shape index (κ2) is 9.34. The van der Waals surface area contributed by atoms with E-state index in [1.165, 1.54) is 7.11 Å². The Bertz CT molecular complexity index is 897. The van der Waals surface area contributed by atoms with Crippen LogP contribution in [0.1, 0.15) is 33.6 Å². The fourth-order valence-corrected chi connectivity index (χ4v) is 3.47. The van der Waals surface area contributed by atoms with Crippen molar-refractivity contribution in [1.29, 1.82) is 0 Å². The van der Waals surface area contributed by atoms with Crippen molar-refractivity contribution in [2.75, 3.05) is 27.3 Å². The Hall–Kier alpha value is -3.19. The number of nitrogens with zero attached hydrogens (tertiary/aromatic N) is 1. The second-order valence-electron chi connectivity index (χ2n) is 6.80. The van der Waals surface area contributed by atoms with Gasteiger partial charge in [-0.1, -0.05) is 18.2 Å². The highest BCUT2D eigenvalue weighted by atomic mass is 16.5. The van der Waals surface area contributed by atoms with Crippen LogP contribution in [0.25, 0.3) is 0 Å². The van der Waals surface area contributed by atoms with Crippen LogP contribution in [0.2, 0.25) is 0 Å². The van der Waals surface area contributed by atoms with E-state index < -0.39 is 11.9 Å². The van der Waals surface area contributed by atoms with Crippen molar-refractivity contribution in [3.05, 3.63) is 59.7 Å². The summed E-state index contributed by atoms with van der Waals surface area (Å²) in [5.74, 6) is 0.0418. The molecule has 7 heteroatoms. The molecule has 1 atom stereocenters. The Kier molecular flexibility index (Phi) is 6.61. The van der Waals surface area contributed by atoms with Gasteiger partial charge in [0.15, 0.2) is 5.78 Å². The number of hydrogen-bond donors (Lipinski definition) is 1. The number of carbonyl (C=O) groups is 3. The Labute approximate surface area is 169 Å². The van der Waals surface area contributed by atoms with Crippen LogP contribution in [-0.2, 0) is 4.79 Å². The number of likely N-dealkylation sites (tertiary alicyclic amines) is 1. The molecule has 0 radical (unpaired) electrons. The molecule has 7 nitrogen and oxygen atoms in total. The summed E-state index contributed by atoms with van der Waals surface area (Å²) in [7, 11) is 3.04. The minimum Gasteiger partial charge on any atom is -0.497 e. The fraction of sp³-hybridized carbons (Fsp3) is 0.318. The number of Topliss-reactive ketones (excluding diaryl/α,β-unsaturated/α-hetero) is 1. The van der Waals surface area contributed by atoms with Crippen LogP contribution in [0, 0.1) is 0 Å². The first-order valence-electron chi connectivity index (χ1n) is 9.43. The molecular formula is C22H24N2O5. The average molecular weight is 396 g/mol. The highest BCUT2D eigenvalue weighted by molar-refractivity contribution is 6.06. The summed E-state index contributed by atoms with van der Waals surface area (Å²) in [5.41, 5.74) is 0.851. The number of carbonyl (C=O) groups excluding carboxylic acids is 3. The van der Waals surface area contributed by atoms with Crippen LogP contribution >= 0.6 is 0 Å². The zero-order valence-corrected chi connectivity index (χ0v) is 16.5. The minimum absolute atomic E-state index is 0.0697. The fourth-order valence-electron chi connectivity index (χ4n) is 3.47. The summed E-state index contributed by atoms with van der Waals surface area (Å²) in [5, 5.41) is 2.45. The Morgan fingerprint density at radius 3 is 2.52 bits per heavy atom. The largest absolute Gasteiger partial charge is 0.497 e. The van der Waals surface area contributed by atoms with Gasteiger partial charge in [0.1, 0.15) is 11.5 Å². The summed E-state index contributed by atoms with van der Waals surface area (Å²) in [6, 6.07) is 13.1. The Morgan fingerprint density at radius 2 is 1.83 bits per heavy atom. The van der Waals surface area contributed by atoms with E-state index in [4.69, 9.17) is 9.47 Å². The number of imide groups is 1. The lowest BCUT2D eigenvalue weighted by Crippen LogP contribution is -2.46. The van der Waals surface area contributed by atoms with Gasteiger partial charge < -0.3 is 9.47 Å². The quantitative estimate of drug-likeness (QED) is 0.571. The van der Waals surface area contributed by atoms with Crippen molar-refractivity contribution in [3.8, 4) is 11.5 Å². The van der Waals surface area contributed by atoms with Gasteiger partial charge in [0.25, 0.3) is 5.91 Å². The first kappa shape index (κ1) is 20.5. The van der Waals surface area contributed by atoms with E-state index in [1.807, 2.05) is 0 Å². The van der Waals surface area contributed by atoms with E-state index in [0.717, 1.165) is 6.42 Å². The van der Waals surface area contributed by atoms with Gasteiger partial charge in [0.05, 0.1) is 32.4 Å². The predicted molar refractivity (Wildman–Crippen MR) is 107 cm³/mol. The molecule has 3 rings (SSSR count). The van der Waals surface area contributed by atoms with Crippen molar-refractivity contribution in [1.82, 2.24) is 10.2 Å². The first-order chi connectivity index (χ1) is 14.0. The van der Waals surface area contributed by atoms with Crippen LogP contribution in [0.5, 0.6) is 11.5 Å². The molecule has 0 unspecified atom stereocenters. The number of hydrogen-bond acceptors (Lipinski definition) is 6. The van der Waals surface area contributed by atoms with Crippen LogP contribution in [0.4, 0.5) is 0 Å². The van der Waals surface area contributed by atoms with Gasteiger partial charge in [-0.05, 0) is 43.7 Å². The summed E-state index contributed by atoms with van der Waals surface area (Å²) in [6.45, 7) is 0.683. The van der Waals surface area contributed by atoms with Gasteiger partial charge in [0, 0.05) is 11.6 Å². The zero-order valence-electron chi connectivity index (χ0n) is 16.5. The number of ether oxygens (including phenoxy) is 2. The first-order valence-corrected chi connectivity index (χ1v) is 9.43. The molecule has 1 fully saturated rings. The van der Waals surface area contributed by atoms with Gasteiger partial charge in [-0.2, -0.15) is 0 Å². The summed E-state index contributed by atoms with van der Waals surface area (Å²) in [6.07, 6.45) is 1.38. The third kappa shape index (κ3) is 4.81. The average Bonchev–Trinajstić information content (AvgIpc) is 3.21. The molecule has 2 aromatic carbocycles. The molecule has 0 bridgehead atoms. The lowest BCUT2D eigenvalue weighted by Gasteiger charge is -2.23. The zero-order chi connectivity index (χ0) is 20.8. The molecular weight excluding hydrogens is 372 g/mol. The number of nitrogens with one attached hydrogen (secondary N) is 1. The summed E-state index contributed by atoms with van der Waals surface area (Å²) in [4.78, 5) is 39.5. The molecule has 0 saturated carbocycles. The predicted octanol–water partition coefficient (Wildman–Crippen LogP) is 2.31. The van der Waals surface area contributed by atoms with Gasteiger partial charge >= 0.3 is 0 Å². The highest BCUT2D eigenvalue weighted by Crippen LogP contribution is 2.26. The smallest absolute Gasteiger partial charge is 0.257 e. The van der Waals surface area contributed by atoms with Gasteiger partial charge in [-0.3, -0.25) is 24.6 Å². The monoisotopic (exact) mass is 396 g/mol. The molecule has 2 amide bonds. The molecule has 29 heavy (non-hydrogen) atoms. The second-order valence-corrected chi connectivity index (χ2v) is 6.80. The summed E-state index contributed by atoms with van der Waals surface area (Å²) >= 11 is 0. The van der Waals surface area contributed by atoms with Crippen LogP contribution in [-0.4, -0.2) is 55.8 Å². The molecule has 0 spiro atoms. The van der Waals surface area contributed by atoms with Gasteiger partial charge in [-0.25, -0.2) is 0 Å². The van der Waals surface area contributed by atoms with E-state index in [-0.39, 0.29) is 18.2 Å². The van der Waals surface area contributed by atoms with Crippen molar-refractivity contribution in [3.63, 3.8) is 0 Å². The van der Waals surface area contributed by atoms with E-state index in [0.29, 0.717) is 35.6 Å². The molecule has 1 saturated heterocycles. The third-order valence-corrected chi connectivity index (χ3v) is 4.99. The number of amides is 2. The molecule has 1 N–H and O–H groups in total. The van der Waals surface area contributed by atoms with Gasteiger partial charge in [0.2, 0.25) is 5.91 Å². The number of ketones is 1. The maximum absolute atomic E-state index is 12.8. The van der Waals surface area contributed by atoms with Gasteiger partial charge in [-0.15, -0.1) is 0 Å². The molecule has 152 valence electrons. The molecule has 2 aromatic rings. The van der Waals surface area contributed by atoms with Crippen molar-refractivity contribution in [2.24, 2.45) is 0 Å². The molecule has 1 heterocycles. The number of benzene rings is 2. The van der Waals surface area contributed by atoms with Crippen molar-refractivity contribution >= 4 is 17.6 Å². The maximum atomic E-state index is 12.8. The Balaban J connectivity index is 1.67. The molecule has 1 aliphatic rings. The molecule has 0 aromatic heterocycles. The lowest BCUT2D eigenvalue weighted by molar-refractivity contribution is -0.124. The normalized spacial score (nSPS) is 16.3. The van der Waals surface area contributed by atoms with E-state index >= 15 is 0 Å².